The maximum atomic E-state index is 12.9. The van der Waals surface area contributed by atoms with Gasteiger partial charge in [-0.3, -0.25) is 25.3 Å². The lowest BCUT2D eigenvalue weighted by Crippen LogP contribution is -2.47. The highest BCUT2D eigenvalue weighted by atomic mass is 35.5. The van der Waals surface area contributed by atoms with E-state index in [1.54, 1.807) is 29.3 Å². The average molecular weight is 468 g/mol. The fraction of sp³-hybridized carbons (Fsp3) is 0.368. The summed E-state index contributed by atoms with van der Waals surface area (Å²) in [5.74, 6) is -0.263. The van der Waals surface area contributed by atoms with Crippen molar-refractivity contribution in [2.24, 2.45) is 5.10 Å². The molecule has 0 aliphatic carbocycles. The Bertz CT molecular complexity index is 1010. The van der Waals surface area contributed by atoms with Crippen molar-refractivity contribution in [1.29, 1.82) is 0 Å². The molecule has 1 aromatic heterocycles. The molecule has 4 rings (SSSR count). The number of thiophene rings is 1. The highest BCUT2D eigenvalue weighted by Gasteiger charge is 2.35. The van der Waals surface area contributed by atoms with Gasteiger partial charge in [0.2, 0.25) is 0 Å². The summed E-state index contributed by atoms with van der Waals surface area (Å²) in [5.41, 5.74) is 3.87. The number of rotatable bonds is 5. The molecule has 1 N–H and O–H groups in total. The summed E-state index contributed by atoms with van der Waals surface area (Å²) in [6.45, 7) is 1.62. The number of anilines is 1. The summed E-state index contributed by atoms with van der Waals surface area (Å²) >= 11 is 13.5. The molecule has 1 amide bonds. The number of piperidine rings is 1. The quantitative estimate of drug-likeness (QED) is 0.504. The van der Waals surface area contributed by atoms with Crippen molar-refractivity contribution in [2.45, 2.75) is 31.7 Å². The predicted molar refractivity (Wildman–Crippen MR) is 118 cm³/mol. The van der Waals surface area contributed by atoms with Crippen LogP contribution in [0.4, 0.5) is 10.7 Å². The normalized spacial score (nSPS) is 19.6. The molecule has 1 unspecified atom stereocenters. The van der Waals surface area contributed by atoms with E-state index in [1.165, 1.54) is 6.07 Å². The van der Waals surface area contributed by atoms with Crippen LogP contribution in [-0.4, -0.2) is 34.6 Å². The summed E-state index contributed by atoms with van der Waals surface area (Å²) < 4.78 is 0. The van der Waals surface area contributed by atoms with Crippen LogP contribution in [0.15, 0.2) is 35.4 Å². The third-order valence-electron chi connectivity index (χ3n) is 5.07. The summed E-state index contributed by atoms with van der Waals surface area (Å²) in [6, 6.07) is 7.82. The number of carbonyl (C=O) groups is 1. The van der Waals surface area contributed by atoms with Crippen molar-refractivity contribution in [2.75, 3.05) is 18.1 Å². The molecule has 1 fully saturated rings. The summed E-state index contributed by atoms with van der Waals surface area (Å²) in [7, 11) is 0. The molecular weight excluding hydrogens is 449 g/mol. The molecule has 1 atom stereocenters. The Labute approximate surface area is 187 Å². The van der Waals surface area contributed by atoms with E-state index in [2.05, 4.69) is 10.5 Å². The van der Waals surface area contributed by atoms with Gasteiger partial charge in [0.1, 0.15) is 5.71 Å². The number of benzene rings is 1. The molecule has 8 nitrogen and oxygen atoms in total. The summed E-state index contributed by atoms with van der Waals surface area (Å²) in [4.78, 5) is 24.3. The molecule has 2 aromatic rings. The van der Waals surface area contributed by atoms with Crippen LogP contribution in [0, 0.1) is 10.1 Å². The fourth-order valence-electron chi connectivity index (χ4n) is 3.59. The van der Waals surface area contributed by atoms with E-state index in [0.29, 0.717) is 27.9 Å². The molecule has 2 aliphatic rings. The summed E-state index contributed by atoms with van der Waals surface area (Å²) in [5, 5.41) is 20.2. The molecule has 11 heteroatoms. The van der Waals surface area contributed by atoms with Crippen LogP contribution in [0.3, 0.4) is 0 Å². The zero-order valence-electron chi connectivity index (χ0n) is 15.9. The number of carbonyl (C=O) groups excluding carboxylic acids is 1. The topological polar surface area (TPSA) is 91.1 Å². The van der Waals surface area contributed by atoms with Gasteiger partial charge < -0.3 is 0 Å². The third kappa shape index (κ3) is 4.44. The van der Waals surface area contributed by atoms with Gasteiger partial charge in [0.15, 0.2) is 0 Å². The number of hydrogen-bond donors (Lipinski definition) is 1. The van der Waals surface area contributed by atoms with E-state index in [1.807, 2.05) is 5.01 Å². The van der Waals surface area contributed by atoms with Gasteiger partial charge in [0.25, 0.3) is 5.91 Å². The van der Waals surface area contributed by atoms with Crippen LogP contribution in [0.5, 0.6) is 0 Å². The number of hydrogen-bond acceptors (Lipinski definition) is 7. The first kappa shape index (κ1) is 21.0. The van der Waals surface area contributed by atoms with Crippen molar-refractivity contribution < 1.29 is 9.72 Å². The first-order valence-corrected chi connectivity index (χ1v) is 11.1. The van der Waals surface area contributed by atoms with E-state index in [0.717, 1.165) is 48.6 Å². The first-order chi connectivity index (χ1) is 14.4. The lowest BCUT2D eigenvalue weighted by molar-refractivity contribution is -0.380. The molecule has 30 heavy (non-hydrogen) atoms. The van der Waals surface area contributed by atoms with E-state index in [-0.39, 0.29) is 17.0 Å². The van der Waals surface area contributed by atoms with Gasteiger partial charge >= 0.3 is 5.00 Å². The van der Waals surface area contributed by atoms with Crippen LogP contribution in [0.25, 0.3) is 0 Å². The Morgan fingerprint density at radius 1 is 1.20 bits per heavy atom. The minimum absolute atomic E-state index is 0.0402. The number of amides is 1. The molecule has 1 aromatic carbocycles. The molecule has 2 aliphatic heterocycles. The van der Waals surface area contributed by atoms with Gasteiger partial charge in [-0.05, 0) is 37.1 Å². The number of hydrazine groups is 1. The van der Waals surface area contributed by atoms with Gasteiger partial charge in [-0.2, -0.15) is 5.10 Å². The maximum Gasteiger partial charge on any atom is 0.324 e. The van der Waals surface area contributed by atoms with Gasteiger partial charge in [-0.25, -0.2) is 5.01 Å². The molecular formula is C19H19Cl2N5O3S. The zero-order valence-corrected chi connectivity index (χ0v) is 18.2. The second-order valence-corrected chi connectivity index (χ2v) is 9.07. The van der Waals surface area contributed by atoms with Gasteiger partial charge in [-0.1, -0.05) is 41.0 Å². The Morgan fingerprint density at radius 3 is 2.63 bits per heavy atom. The van der Waals surface area contributed by atoms with Crippen molar-refractivity contribution in [3.63, 3.8) is 0 Å². The lowest BCUT2D eigenvalue weighted by Gasteiger charge is -2.26. The largest absolute Gasteiger partial charge is 0.324 e. The SMILES string of the molecule is O=C(NN1CCCCC1)C1=NN(c2ccc(Cl)cc2Cl)C(c2ccc([N+](=O)[O-])s2)C1. The Hall–Kier alpha value is -2.20. The van der Waals surface area contributed by atoms with Crippen LogP contribution in [0.1, 0.15) is 36.6 Å². The minimum atomic E-state index is -0.423. The molecule has 1 saturated heterocycles. The van der Waals surface area contributed by atoms with Crippen molar-refractivity contribution in [3.8, 4) is 0 Å². The Morgan fingerprint density at radius 2 is 1.97 bits per heavy atom. The second-order valence-electron chi connectivity index (χ2n) is 7.13. The smallest absolute Gasteiger partial charge is 0.284 e. The molecule has 0 bridgehead atoms. The average Bonchev–Trinajstić information content (AvgIpc) is 3.36. The highest BCUT2D eigenvalue weighted by molar-refractivity contribution is 7.15. The highest BCUT2D eigenvalue weighted by Crippen LogP contribution is 2.42. The molecule has 0 radical (unpaired) electrons. The van der Waals surface area contributed by atoms with Crippen LogP contribution in [-0.2, 0) is 4.79 Å². The first-order valence-electron chi connectivity index (χ1n) is 9.54. The van der Waals surface area contributed by atoms with E-state index < -0.39 is 4.92 Å². The molecule has 0 saturated carbocycles. The Kier molecular flexibility index (Phi) is 6.24. The fourth-order valence-corrected chi connectivity index (χ4v) is 4.99. The number of nitro groups is 1. The van der Waals surface area contributed by atoms with E-state index in [9.17, 15) is 14.9 Å². The third-order valence-corrected chi connectivity index (χ3v) is 6.74. The molecule has 0 spiro atoms. The van der Waals surface area contributed by atoms with Crippen molar-refractivity contribution in [3.05, 3.63) is 55.4 Å². The zero-order chi connectivity index (χ0) is 21.3. The monoisotopic (exact) mass is 467 g/mol. The van der Waals surface area contributed by atoms with E-state index in [4.69, 9.17) is 23.2 Å². The van der Waals surface area contributed by atoms with Gasteiger partial charge in [-0.15, -0.1) is 0 Å². The predicted octanol–water partition coefficient (Wildman–Crippen LogP) is 4.79. The number of hydrazone groups is 1. The van der Waals surface area contributed by atoms with Crippen LogP contribution >= 0.6 is 34.5 Å². The Balaban J connectivity index is 1.63. The lowest BCUT2D eigenvalue weighted by atomic mass is 10.1. The molecule has 3 heterocycles. The van der Waals surface area contributed by atoms with Crippen LogP contribution < -0.4 is 10.4 Å². The standard InChI is InChI=1S/C19H19Cl2N5O3S/c20-12-4-5-15(13(21)10-12)25-16(17-6-7-18(30-17)26(28)29)11-14(22-25)19(27)23-24-8-2-1-3-9-24/h4-7,10,16H,1-3,8-9,11H2,(H,23,27). The molecule has 158 valence electrons. The number of nitrogens with one attached hydrogen (secondary N) is 1. The maximum absolute atomic E-state index is 12.9. The summed E-state index contributed by atoms with van der Waals surface area (Å²) in [6.07, 6.45) is 3.56. The van der Waals surface area contributed by atoms with E-state index >= 15 is 0 Å². The minimum Gasteiger partial charge on any atom is -0.284 e. The van der Waals surface area contributed by atoms with Crippen molar-refractivity contribution >= 4 is 56.8 Å². The van der Waals surface area contributed by atoms with Gasteiger partial charge in [0, 0.05) is 35.5 Å². The number of halogens is 2. The van der Waals surface area contributed by atoms with Crippen LogP contribution in [0.2, 0.25) is 10.0 Å². The number of nitrogens with zero attached hydrogens (tertiary/aromatic N) is 4. The van der Waals surface area contributed by atoms with Crippen molar-refractivity contribution in [1.82, 2.24) is 10.4 Å². The second kappa shape index (κ2) is 8.89. The van der Waals surface area contributed by atoms with Gasteiger partial charge in [0.05, 0.1) is 21.7 Å².